The van der Waals surface area contributed by atoms with E-state index in [9.17, 15) is 10.3 Å². The molecule has 2 aliphatic rings. The molecule has 2 atom stereocenters. The summed E-state index contributed by atoms with van der Waals surface area (Å²) in [6.07, 6.45) is 10.8. The van der Waals surface area contributed by atoms with E-state index in [2.05, 4.69) is 28.5 Å². The minimum absolute atomic E-state index is 0.218. The van der Waals surface area contributed by atoms with Gasteiger partial charge in [0.05, 0.1) is 17.9 Å². The van der Waals surface area contributed by atoms with E-state index in [1.807, 2.05) is 22.9 Å². The number of hydrogen-bond donors (Lipinski definition) is 2. The maximum Gasteiger partial charge on any atom is 0.100 e. The zero-order valence-corrected chi connectivity index (χ0v) is 16.2. The molecule has 1 aromatic carbocycles. The van der Waals surface area contributed by atoms with Crippen molar-refractivity contribution in [2.45, 2.75) is 50.7 Å². The Morgan fingerprint density at radius 1 is 1.00 bits per heavy atom. The Kier molecular flexibility index (Phi) is 4.64. The zero-order chi connectivity index (χ0) is 19.8. The summed E-state index contributed by atoms with van der Waals surface area (Å²) in [6, 6.07) is 10.5. The summed E-state index contributed by atoms with van der Waals surface area (Å²) in [4.78, 5) is 4.14. The van der Waals surface area contributed by atoms with Crippen molar-refractivity contribution in [1.82, 2.24) is 14.8 Å². The number of aliphatic hydroxyl groups excluding tert-OH is 1. The van der Waals surface area contributed by atoms with Gasteiger partial charge in [0.1, 0.15) is 5.69 Å². The topological polar surface area (TPSA) is 83.5 Å². The molecule has 0 spiro atoms. The molecule has 1 saturated carbocycles. The van der Waals surface area contributed by atoms with E-state index in [4.69, 9.17) is 5.10 Å². The van der Waals surface area contributed by atoms with Crippen LogP contribution in [0.4, 0.5) is 0 Å². The standard InChI is InChI=1S/C23H24N4O2/c28-19-3-1-2-18(13-19)27-14-21(23(25-27)15-8-10-24-11-9-15)17-4-6-20-16(12-17)5-7-22(20)26-29/h4,6,8-12,14,18-19,28-29H,1-3,5,7,13H2/b26-22+/t18?,19-/m0/s1. The van der Waals surface area contributed by atoms with Crippen LogP contribution in [0.2, 0.25) is 0 Å². The Labute approximate surface area is 169 Å². The lowest BCUT2D eigenvalue weighted by Crippen LogP contribution is -2.22. The quantitative estimate of drug-likeness (QED) is 0.520. The second-order valence-electron chi connectivity index (χ2n) is 8.00. The first-order chi connectivity index (χ1) is 14.2. The molecule has 29 heavy (non-hydrogen) atoms. The fraction of sp³-hybridized carbons (Fsp3) is 0.348. The molecule has 0 radical (unpaired) electrons. The van der Waals surface area contributed by atoms with Gasteiger partial charge in [-0.3, -0.25) is 9.67 Å². The number of fused-ring (bicyclic) bond motifs is 1. The molecule has 3 aromatic rings. The van der Waals surface area contributed by atoms with Crippen molar-refractivity contribution in [2.75, 3.05) is 0 Å². The average Bonchev–Trinajstić information content (AvgIpc) is 3.38. The molecular weight excluding hydrogens is 364 g/mol. The first kappa shape index (κ1) is 18.1. The van der Waals surface area contributed by atoms with Gasteiger partial charge in [-0.2, -0.15) is 5.10 Å². The summed E-state index contributed by atoms with van der Waals surface area (Å²) >= 11 is 0. The summed E-state index contributed by atoms with van der Waals surface area (Å²) in [7, 11) is 0. The summed E-state index contributed by atoms with van der Waals surface area (Å²) < 4.78 is 2.04. The van der Waals surface area contributed by atoms with Crippen molar-refractivity contribution in [2.24, 2.45) is 5.16 Å². The third-order valence-electron chi connectivity index (χ3n) is 6.16. The summed E-state index contributed by atoms with van der Waals surface area (Å²) in [5.41, 5.74) is 7.14. The lowest BCUT2D eigenvalue weighted by Gasteiger charge is -2.26. The van der Waals surface area contributed by atoms with Crippen LogP contribution < -0.4 is 0 Å². The van der Waals surface area contributed by atoms with Crippen LogP contribution in [0.3, 0.4) is 0 Å². The van der Waals surface area contributed by atoms with E-state index in [0.29, 0.717) is 0 Å². The number of oxime groups is 1. The molecule has 1 fully saturated rings. The minimum atomic E-state index is -0.248. The Balaban J connectivity index is 1.60. The number of aryl methyl sites for hydroxylation is 1. The Morgan fingerprint density at radius 2 is 1.86 bits per heavy atom. The third kappa shape index (κ3) is 3.34. The first-order valence-corrected chi connectivity index (χ1v) is 10.2. The molecule has 0 saturated heterocycles. The van der Waals surface area contributed by atoms with Crippen LogP contribution in [0, 0.1) is 0 Å². The van der Waals surface area contributed by atoms with Crippen LogP contribution in [0.1, 0.15) is 49.3 Å². The zero-order valence-electron chi connectivity index (χ0n) is 16.2. The number of benzene rings is 1. The van der Waals surface area contributed by atoms with Crippen LogP contribution in [-0.2, 0) is 6.42 Å². The largest absolute Gasteiger partial charge is 0.411 e. The minimum Gasteiger partial charge on any atom is -0.411 e. The Morgan fingerprint density at radius 3 is 2.66 bits per heavy atom. The summed E-state index contributed by atoms with van der Waals surface area (Å²) in [5.74, 6) is 0. The Hall–Kier alpha value is -2.99. The smallest absolute Gasteiger partial charge is 0.100 e. The highest BCUT2D eigenvalue weighted by molar-refractivity contribution is 6.04. The van der Waals surface area contributed by atoms with Gasteiger partial charge >= 0.3 is 0 Å². The van der Waals surface area contributed by atoms with Gasteiger partial charge in [-0.1, -0.05) is 23.4 Å². The summed E-state index contributed by atoms with van der Waals surface area (Å²) in [5, 5.41) is 27.7. The maximum atomic E-state index is 10.1. The number of aliphatic hydroxyl groups is 1. The first-order valence-electron chi connectivity index (χ1n) is 10.2. The predicted molar refractivity (Wildman–Crippen MR) is 111 cm³/mol. The highest BCUT2D eigenvalue weighted by Crippen LogP contribution is 2.37. The van der Waals surface area contributed by atoms with E-state index < -0.39 is 0 Å². The molecule has 148 valence electrons. The molecule has 2 aliphatic carbocycles. The molecule has 6 heteroatoms. The van der Waals surface area contributed by atoms with Crippen molar-refractivity contribution in [3.8, 4) is 22.4 Å². The van der Waals surface area contributed by atoms with Gasteiger partial charge in [0, 0.05) is 35.3 Å². The van der Waals surface area contributed by atoms with Crippen molar-refractivity contribution in [3.63, 3.8) is 0 Å². The third-order valence-corrected chi connectivity index (χ3v) is 6.16. The average molecular weight is 388 g/mol. The van der Waals surface area contributed by atoms with Gasteiger partial charge < -0.3 is 10.3 Å². The normalized spacial score (nSPS) is 22.7. The molecule has 2 heterocycles. The van der Waals surface area contributed by atoms with Crippen molar-refractivity contribution >= 4 is 5.71 Å². The lowest BCUT2D eigenvalue weighted by molar-refractivity contribution is 0.100. The van der Waals surface area contributed by atoms with Crippen LogP contribution in [0.5, 0.6) is 0 Å². The van der Waals surface area contributed by atoms with E-state index >= 15 is 0 Å². The van der Waals surface area contributed by atoms with Crippen LogP contribution in [-0.4, -0.2) is 36.9 Å². The monoisotopic (exact) mass is 388 g/mol. The molecule has 5 rings (SSSR count). The highest BCUT2D eigenvalue weighted by atomic mass is 16.4. The van der Waals surface area contributed by atoms with Crippen LogP contribution in [0.25, 0.3) is 22.4 Å². The van der Waals surface area contributed by atoms with Gasteiger partial charge in [-0.25, -0.2) is 0 Å². The van der Waals surface area contributed by atoms with Crippen molar-refractivity contribution in [3.05, 3.63) is 60.0 Å². The van der Waals surface area contributed by atoms with Crippen LogP contribution in [0.15, 0.2) is 54.1 Å². The van der Waals surface area contributed by atoms with E-state index in [0.717, 1.165) is 72.2 Å². The number of nitrogens with zero attached hydrogens (tertiary/aromatic N) is 4. The lowest BCUT2D eigenvalue weighted by atomic mass is 9.93. The molecule has 0 aliphatic heterocycles. The van der Waals surface area contributed by atoms with Gasteiger partial charge in [0.15, 0.2) is 0 Å². The molecule has 2 aromatic heterocycles. The molecule has 1 unspecified atom stereocenters. The van der Waals surface area contributed by atoms with Crippen molar-refractivity contribution < 1.29 is 10.3 Å². The molecular formula is C23H24N4O2. The van der Waals surface area contributed by atoms with Gasteiger partial charge in [-0.15, -0.1) is 0 Å². The fourth-order valence-corrected chi connectivity index (χ4v) is 4.63. The number of hydrogen-bond acceptors (Lipinski definition) is 5. The van der Waals surface area contributed by atoms with Gasteiger partial charge in [0.25, 0.3) is 0 Å². The molecule has 0 amide bonds. The van der Waals surface area contributed by atoms with E-state index in [-0.39, 0.29) is 12.1 Å². The van der Waals surface area contributed by atoms with Crippen LogP contribution >= 0.6 is 0 Å². The predicted octanol–water partition coefficient (Wildman–Crippen LogP) is 4.21. The van der Waals surface area contributed by atoms with Gasteiger partial charge in [-0.05, 0) is 61.8 Å². The number of pyridine rings is 1. The maximum absolute atomic E-state index is 10.1. The highest BCUT2D eigenvalue weighted by Gasteiger charge is 2.25. The van der Waals surface area contributed by atoms with Gasteiger partial charge in [0.2, 0.25) is 0 Å². The van der Waals surface area contributed by atoms with E-state index in [1.165, 1.54) is 5.56 Å². The van der Waals surface area contributed by atoms with E-state index in [1.54, 1.807) is 12.4 Å². The second kappa shape index (κ2) is 7.44. The molecule has 0 bridgehead atoms. The second-order valence-corrected chi connectivity index (χ2v) is 8.00. The Bertz CT molecular complexity index is 1060. The van der Waals surface area contributed by atoms with Crippen molar-refractivity contribution in [1.29, 1.82) is 0 Å². The molecule has 6 nitrogen and oxygen atoms in total. The summed E-state index contributed by atoms with van der Waals surface area (Å²) in [6.45, 7) is 0. The SMILES string of the molecule is O/N=C1\CCc2cc(-c3cn(C4CCC[C@H](O)C4)nc3-c3ccncc3)ccc21. The number of aromatic nitrogens is 3. The molecule has 2 N–H and O–H groups in total. The number of rotatable bonds is 3. The fourth-order valence-electron chi connectivity index (χ4n) is 4.63.